The summed E-state index contributed by atoms with van der Waals surface area (Å²) in [7, 11) is 0. The highest BCUT2D eigenvalue weighted by molar-refractivity contribution is 5.85. The van der Waals surface area contributed by atoms with E-state index in [0.717, 1.165) is 36.4 Å². The number of ether oxygens (including phenoxy) is 1. The maximum atomic E-state index is 12.3. The van der Waals surface area contributed by atoms with Gasteiger partial charge in [-0.3, -0.25) is 4.79 Å². The number of hydrogen-bond acceptors (Lipinski definition) is 3. The lowest BCUT2D eigenvalue weighted by molar-refractivity contribution is -0.126. The molecule has 0 saturated carbocycles. The monoisotopic (exact) mass is 360 g/mol. The summed E-state index contributed by atoms with van der Waals surface area (Å²) in [5.74, 6) is 1.90. The van der Waals surface area contributed by atoms with Crippen LogP contribution in [0, 0.1) is 5.92 Å². The van der Waals surface area contributed by atoms with Crippen LogP contribution in [0.5, 0.6) is 11.5 Å². The number of carbonyl (C=O) groups is 1. The van der Waals surface area contributed by atoms with Crippen molar-refractivity contribution in [2.24, 2.45) is 5.92 Å². The van der Waals surface area contributed by atoms with Gasteiger partial charge in [-0.25, -0.2) is 0 Å². The number of para-hydroxylation sites is 1. The van der Waals surface area contributed by atoms with E-state index < -0.39 is 0 Å². The molecule has 0 radical (unpaired) electrons. The molecule has 0 aliphatic carbocycles. The molecule has 1 amide bonds. The number of carbonyl (C=O) groups excluding carboxylic acids is 1. The third-order valence-electron chi connectivity index (χ3n) is 4.36. The molecule has 0 spiro atoms. The number of amides is 1. The second-order valence-corrected chi connectivity index (χ2v) is 6.35. The summed E-state index contributed by atoms with van der Waals surface area (Å²) in [6.07, 6.45) is 1.83. The van der Waals surface area contributed by atoms with Crippen LogP contribution in [0.2, 0.25) is 0 Å². The van der Waals surface area contributed by atoms with Gasteiger partial charge in [0.25, 0.3) is 0 Å². The van der Waals surface area contributed by atoms with Crippen molar-refractivity contribution < 1.29 is 9.53 Å². The minimum atomic E-state index is 0. The summed E-state index contributed by atoms with van der Waals surface area (Å²) in [6, 6.07) is 18.0. The molecule has 1 heterocycles. The van der Waals surface area contributed by atoms with Crippen molar-refractivity contribution in [2.75, 3.05) is 6.54 Å². The Morgan fingerprint density at radius 3 is 2.48 bits per heavy atom. The Kier molecular flexibility index (Phi) is 7.29. The van der Waals surface area contributed by atoms with Crippen molar-refractivity contribution >= 4 is 18.3 Å². The van der Waals surface area contributed by atoms with E-state index in [1.807, 2.05) is 54.6 Å². The molecule has 134 valence electrons. The number of nitrogens with one attached hydrogen (secondary N) is 2. The van der Waals surface area contributed by atoms with Gasteiger partial charge in [0.2, 0.25) is 5.91 Å². The largest absolute Gasteiger partial charge is 0.457 e. The molecule has 5 heteroatoms. The third kappa shape index (κ3) is 5.76. The van der Waals surface area contributed by atoms with Crippen LogP contribution >= 0.6 is 12.4 Å². The Hall–Kier alpha value is -2.04. The van der Waals surface area contributed by atoms with Gasteiger partial charge in [0.05, 0.1) is 0 Å². The quantitative estimate of drug-likeness (QED) is 0.850. The Labute approximate surface area is 155 Å². The van der Waals surface area contributed by atoms with Crippen LogP contribution in [0.3, 0.4) is 0 Å². The second-order valence-electron chi connectivity index (χ2n) is 6.35. The normalized spacial score (nSPS) is 19.6. The van der Waals surface area contributed by atoms with E-state index in [-0.39, 0.29) is 24.2 Å². The van der Waals surface area contributed by atoms with Crippen LogP contribution < -0.4 is 15.4 Å². The molecular formula is C20H25ClN2O2. The molecule has 0 bridgehead atoms. The van der Waals surface area contributed by atoms with Crippen molar-refractivity contribution in [3.05, 3.63) is 60.2 Å². The Morgan fingerprint density at radius 1 is 1.12 bits per heavy atom. The highest BCUT2D eigenvalue weighted by Crippen LogP contribution is 2.21. The van der Waals surface area contributed by atoms with Crippen LogP contribution in [0.15, 0.2) is 54.6 Å². The van der Waals surface area contributed by atoms with Crippen molar-refractivity contribution in [1.82, 2.24) is 10.6 Å². The molecule has 2 N–H and O–H groups in total. The summed E-state index contributed by atoms with van der Waals surface area (Å²) >= 11 is 0. The Morgan fingerprint density at radius 2 is 1.80 bits per heavy atom. The molecule has 1 saturated heterocycles. The van der Waals surface area contributed by atoms with E-state index in [4.69, 9.17) is 4.74 Å². The first-order valence-electron chi connectivity index (χ1n) is 8.53. The van der Waals surface area contributed by atoms with E-state index >= 15 is 0 Å². The minimum Gasteiger partial charge on any atom is -0.457 e. The average Bonchev–Trinajstić information content (AvgIpc) is 2.62. The van der Waals surface area contributed by atoms with Crippen molar-refractivity contribution in [3.63, 3.8) is 0 Å². The van der Waals surface area contributed by atoms with E-state index in [1.54, 1.807) is 0 Å². The Bertz CT molecular complexity index is 661. The van der Waals surface area contributed by atoms with E-state index in [0.29, 0.717) is 12.6 Å². The molecule has 0 unspecified atom stereocenters. The van der Waals surface area contributed by atoms with Gasteiger partial charge >= 0.3 is 0 Å². The standard InChI is InChI=1S/C20H24N2O2.ClH/c1-15-13-17(11-12-21-15)20(23)22-14-16-7-9-19(10-8-16)24-18-5-3-2-4-6-18;/h2-10,15,17,21H,11-14H2,1H3,(H,22,23);1H/t15-,17-;/m0./s1. The summed E-state index contributed by atoms with van der Waals surface area (Å²) in [4.78, 5) is 12.3. The van der Waals surface area contributed by atoms with Crippen molar-refractivity contribution in [2.45, 2.75) is 32.4 Å². The zero-order valence-electron chi connectivity index (χ0n) is 14.4. The fourth-order valence-electron chi connectivity index (χ4n) is 3.00. The lowest BCUT2D eigenvalue weighted by atomic mass is 9.92. The zero-order chi connectivity index (χ0) is 16.8. The molecular weight excluding hydrogens is 336 g/mol. The molecule has 2 aromatic rings. The molecule has 2 aromatic carbocycles. The molecule has 1 aliphatic heterocycles. The summed E-state index contributed by atoms with van der Waals surface area (Å²) < 4.78 is 5.77. The van der Waals surface area contributed by atoms with Crippen LogP contribution in [0.1, 0.15) is 25.3 Å². The molecule has 1 fully saturated rings. The lowest BCUT2D eigenvalue weighted by Gasteiger charge is -2.27. The van der Waals surface area contributed by atoms with E-state index in [2.05, 4.69) is 17.6 Å². The molecule has 25 heavy (non-hydrogen) atoms. The number of piperidine rings is 1. The molecule has 4 nitrogen and oxygen atoms in total. The van der Waals surface area contributed by atoms with E-state index in [1.165, 1.54) is 0 Å². The first-order valence-corrected chi connectivity index (χ1v) is 8.53. The SMILES string of the molecule is C[C@H]1C[C@@H](C(=O)NCc2ccc(Oc3ccccc3)cc2)CCN1.Cl. The van der Waals surface area contributed by atoms with Gasteiger partial charge in [0, 0.05) is 18.5 Å². The van der Waals surface area contributed by atoms with Gasteiger partial charge < -0.3 is 15.4 Å². The van der Waals surface area contributed by atoms with Gasteiger partial charge in [-0.15, -0.1) is 12.4 Å². The molecule has 2 atom stereocenters. The third-order valence-corrected chi connectivity index (χ3v) is 4.36. The van der Waals surface area contributed by atoms with Crippen LogP contribution in [-0.2, 0) is 11.3 Å². The van der Waals surface area contributed by atoms with Gasteiger partial charge in [-0.1, -0.05) is 30.3 Å². The van der Waals surface area contributed by atoms with Crippen molar-refractivity contribution in [1.29, 1.82) is 0 Å². The summed E-state index contributed by atoms with van der Waals surface area (Å²) in [5.41, 5.74) is 1.07. The number of benzene rings is 2. The fraction of sp³-hybridized carbons (Fsp3) is 0.350. The fourth-order valence-corrected chi connectivity index (χ4v) is 3.00. The Balaban J connectivity index is 0.00000225. The first kappa shape index (κ1) is 19.3. The lowest BCUT2D eigenvalue weighted by Crippen LogP contribution is -2.42. The highest BCUT2D eigenvalue weighted by atomic mass is 35.5. The second kappa shape index (κ2) is 9.44. The van der Waals surface area contributed by atoms with Crippen molar-refractivity contribution in [3.8, 4) is 11.5 Å². The van der Waals surface area contributed by atoms with Gasteiger partial charge in [0.15, 0.2) is 0 Å². The number of hydrogen-bond donors (Lipinski definition) is 2. The van der Waals surface area contributed by atoms with Crippen LogP contribution in [0.4, 0.5) is 0 Å². The zero-order valence-corrected chi connectivity index (χ0v) is 15.2. The topological polar surface area (TPSA) is 50.4 Å². The van der Waals surface area contributed by atoms with Gasteiger partial charge in [-0.05, 0) is 56.1 Å². The predicted octanol–water partition coefficient (Wildman–Crippen LogP) is 3.91. The maximum Gasteiger partial charge on any atom is 0.223 e. The van der Waals surface area contributed by atoms with E-state index in [9.17, 15) is 4.79 Å². The smallest absolute Gasteiger partial charge is 0.223 e. The van der Waals surface area contributed by atoms with Crippen LogP contribution in [0.25, 0.3) is 0 Å². The minimum absolute atomic E-state index is 0. The van der Waals surface area contributed by atoms with Gasteiger partial charge in [0.1, 0.15) is 11.5 Å². The summed E-state index contributed by atoms with van der Waals surface area (Å²) in [5, 5.41) is 6.42. The molecule has 1 aliphatic rings. The van der Waals surface area contributed by atoms with Crippen LogP contribution in [-0.4, -0.2) is 18.5 Å². The molecule has 3 rings (SSSR count). The number of rotatable bonds is 5. The highest BCUT2D eigenvalue weighted by Gasteiger charge is 2.24. The summed E-state index contributed by atoms with van der Waals surface area (Å²) in [6.45, 7) is 3.61. The average molecular weight is 361 g/mol. The maximum absolute atomic E-state index is 12.3. The number of halogens is 1. The first-order chi connectivity index (χ1) is 11.7. The van der Waals surface area contributed by atoms with Gasteiger partial charge in [-0.2, -0.15) is 0 Å². The molecule has 0 aromatic heterocycles. The predicted molar refractivity (Wildman–Crippen MR) is 102 cm³/mol.